The molecular weight excluding hydrogens is 285 g/mol. The van der Waals surface area contributed by atoms with Crippen molar-refractivity contribution in [3.05, 3.63) is 29.1 Å². The van der Waals surface area contributed by atoms with Crippen LogP contribution in [-0.4, -0.2) is 31.7 Å². The fraction of sp³-hybridized carbons (Fsp3) is 0.417. The summed E-state index contributed by atoms with van der Waals surface area (Å²) in [6.45, 7) is 4.84. The molecule has 0 spiro atoms. The van der Waals surface area contributed by atoms with Crippen LogP contribution in [-0.2, 0) is 10.2 Å². The molecule has 6 nitrogen and oxygen atoms in total. The Labute approximate surface area is 117 Å². The monoisotopic (exact) mass is 303 g/mol. The highest BCUT2D eigenvalue weighted by atomic mass is 32.2. The molecular formula is C12H18FN3O3S. The summed E-state index contributed by atoms with van der Waals surface area (Å²) in [5.74, 6) is -1.50. The summed E-state index contributed by atoms with van der Waals surface area (Å²) in [6, 6.07) is 1.90. The Bertz CT molecular complexity index is 629. The Hall–Kier alpha value is -1.67. The summed E-state index contributed by atoms with van der Waals surface area (Å²) in [5.41, 5.74) is 5.49. The van der Waals surface area contributed by atoms with Gasteiger partial charge in [0.2, 0.25) is 0 Å². The molecule has 0 atom stereocenters. The van der Waals surface area contributed by atoms with Crippen LogP contribution in [0.25, 0.3) is 0 Å². The van der Waals surface area contributed by atoms with Gasteiger partial charge in [0, 0.05) is 18.7 Å². The number of anilines is 1. The number of nitrogens with zero attached hydrogens (tertiary/aromatic N) is 1. The third-order valence-electron chi connectivity index (χ3n) is 2.92. The van der Waals surface area contributed by atoms with Crippen LogP contribution in [0, 0.1) is 12.7 Å². The molecule has 0 aromatic heterocycles. The van der Waals surface area contributed by atoms with Gasteiger partial charge in [0.05, 0.1) is 5.69 Å². The number of nitrogens with one attached hydrogen (secondary N) is 1. The highest BCUT2D eigenvalue weighted by molar-refractivity contribution is 7.87. The van der Waals surface area contributed by atoms with Crippen molar-refractivity contribution in [1.29, 1.82) is 0 Å². The van der Waals surface area contributed by atoms with Crippen LogP contribution in [0.5, 0.6) is 0 Å². The lowest BCUT2D eigenvalue weighted by Gasteiger charge is -2.21. The van der Waals surface area contributed by atoms with E-state index in [2.05, 4.69) is 0 Å². The first-order valence-corrected chi connectivity index (χ1v) is 7.36. The van der Waals surface area contributed by atoms with Crippen LogP contribution < -0.4 is 10.5 Å². The van der Waals surface area contributed by atoms with Crippen LogP contribution >= 0.6 is 0 Å². The molecule has 0 saturated carbocycles. The summed E-state index contributed by atoms with van der Waals surface area (Å²) in [4.78, 5) is 12.0. The predicted molar refractivity (Wildman–Crippen MR) is 74.8 cm³/mol. The molecule has 0 aliphatic heterocycles. The molecule has 0 fully saturated rings. The van der Waals surface area contributed by atoms with Crippen LogP contribution in [0.4, 0.5) is 10.1 Å². The van der Waals surface area contributed by atoms with Gasteiger partial charge in [-0.2, -0.15) is 12.7 Å². The largest absolute Gasteiger partial charge is 0.396 e. The zero-order chi connectivity index (χ0) is 15.7. The van der Waals surface area contributed by atoms with Gasteiger partial charge >= 0.3 is 10.2 Å². The van der Waals surface area contributed by atoms with E-state index in [0.29, 0.717) is 5.56 Å². The van der Waals surface area contributed by atoms with Crippen molar-refractivity contribution >= 4 is 21.8 Å². The summed E-state index contributed by atoms with van der Waals surface area (Å²) in [6.07, 6.45) is 0. The van der Waals surface area contributed by atoms with E-state index in [1.807, 2.05) is 4.72 Å². The van der Waals surface area contributed by atoms with Crippen molar-refractivity contribution in [2.24, 2.45) is 0 Å². The highest BCUT2D eigenvalue weighted by Crippen LogP contribution is 2.17. The number of rotatable bonds is 4. The Morgan fingerprint density at radius 1 is 1.40 bits per heavy atom. The Morgan fingerprint density at radius 3 is 2.45 bits per heavy atom. The summed E-state index contributed by atoms with van der Waals surface area (Å²) in [5, 5.41) is 0. The third-order valence-corrected chi connectivity index (χ3v) is 4.54. The molecule has 0 unspecified atom stereocenters. The Kier molecular flexibility index (Phi) is 4.72. The first kappa shape index (κ1) is 16.4. The van der Waals surface area contributed by atoms with E-state index in [0.717, 1.165) is 16.4 Å². The van der Waals surface area contributed by atoms with Crippen molar-refractivity contribution in [2.75, 3.05) is 12.8 Å². The van der Waals surface area contributed by atoms with Gasteiger partial charge in [0.1, 0.15) is 5.82 Å². The van der Waals surface area contributed by atoms with Crippen molar-refractivity contribution < 1.29 is 17.6 Å². The van der Waals surface area contributed by atoms with Crippen LogP contribution in [0.2, 0.25) is 0 Å². The van der Waals surface area contributed by atoms with Gasteiger partial charge in [-0.3, -0.25) is 4.79 Å². The minimum Gasteiger partial charge on any atom is -0.396 e. The van der Waals surface area contributed by atoms with Gasteiger partial charge in [-0.1, -0.05) is 0 Å². The van der Waals surface area contributed by atoms with E-state index in [1.165, 1.54) is 14.0 Å². The van der Waals surface area contributed by atoms with Crippen LogP contribution in [0.1, 0.15) is 29.8 Å². The van der Waals surface area contributed by atoms with Crippen LogP contribution in [0.15, 0.2) is 12.1 Å². The average Bonchev–Trinajstić information content (AvgIpc) is 2.31. The number of carbonyl (C=O) groups is 1. The van der Waals surface area contributed by atoms with Crippen molar-refractivity contribution in [1.82, 2.24) is 9.03 Å². The van der Waals surface area contributed by atoms with Crippen molar-refractivity contribution in [2.45, 2.75) is 26.8 Å². The zero-order valence-electron chi connectivity index (χ0n) is 11.8. The van der Waals surface area contributed by atoms with Gasteiger partial charge < -0.3 is 5.73 Å². The minimum absolute atomic E-state index is 0.0182. The van der Waals surface area contributed by atoms with Gasteiger partial charge in [-0.15, -0.1) is 0 Å². The maximum Gasteiger partial charge on any atom is 0.304 e. The standard InChI is InChI=1S/C12H18FN3O3S/c1-7(2)16(4)20(18,19)15-12(17)9-6-11(14)10(13)5-8(9)3/h5-7H,14H2,1-4H3,(H,15,17). The molecule has 1 aromatic carbocycles. The van der Waals surface area contributed by atoms with Crippen molar-refractivity contribution in [3.8, 4) is 0 Å². The lowest BCUT2D eigenvalue weighted by Crippen LogP contribution is -2.44. The lowest BCUT2D eigenvalue weighted by molar-refractivity contribution is 0.0978. The topological polar surface area (TPSA) is 92.5 Å². The molecule has 0 heterocycles. The normalized spacial score (nSPS) is 11.9. The minimum atomic E-state index is -3.95. The van der Waals surface area contributed by atoms with Gasteiger partial charge in [-0.05, 0) is 38.5 Å². The smallest absolute Gasteiger partial charge is 0.304 e. The molecule has 0 radical (unpaired) electrons. The molecule has 0 aliphatic carbocycles. The average molecular weight is 303 g/mol. The molecule has 20 heavy (non-hydrogen) atoms. The first-order chi connectivity index (χ1) is 9.06. The summed E-state index contributed by atoms with van der Waals surface area (Å²) < 4.78 is 40.0. The second-order valence-electron chi connectivity index (χ2n) is 4.73. The van der Waals surface area contributed by atoms with E-state index < -0.39 is 21.9 Å². The fourth-order valence-corrected chi connectivity index (χ4v) is 2.50. The molecule has 0 saturated heterocycles. The highest BCUT2D eigenvalue weighted by Gasteiger charge is 2.24. The van der Waals surface area contributed by atoms with E-state index in [9.17, 15) is 17.6 Å². The molecule has 1 rings (SSSR count). The number of halogens is 1. The number of aryl methyl sites for hydroxylation is 1. The predicted octanol–water partition coefficient (Wildman–Crippen LogP) is 1.03. The molecule has 1 aromatic rings. The van der Waals surface area contributed by atoms with Gasteiger partial charge in [0.15, 0.2) is 0 Å². The second kappa shape index (κ2) is 5.76. The number of nitrogens with two attached hydrogens (primary N) is 1. The van der Waals surface area contributed by atoms with E-state index >= 15 is 0 Å². The summed E-state index contributed by atoms with van der Waals surface area (Å²) in [7, 11) is -2.59. The quantitative estimate of drug-likeness (QED) is 0.813. The van der Waals surface area contributed by atoms with E-state index in [-0.39, 0.29) is 17.3 Å². The second-order valence-corrected chi connectivity index (χ2v) is 6.47. The Balaban J connectivity index is 3.07. The Morgan fingerprint density at radius 2 is 1.95 bits per heavy atom. The number of hydrogen-bond donors (Lipinski definition) is 2. The molecule has 1 amide bonds. The van der Waals surface area contributed by atoms with E-state index in [1.54, 1.807) is 13.8 Å². The molecule has 0 aliphatic rings. The number of nitrogen functional groups attached to an aromatic ring is 1. The third kappa shape index (κ3) is 3.45. The number of carbonyl (C=O) groups excluding carboxylic acids is 1. The zero-order valence-corrected chi connectivity index (χ0v) is 12.6. The lowest BCUT2D eigenvalue weighted by atomic mass is 10.1. The van der Waals surface area contributed by atoms with E-state index in [4.69, 9.17) is 5.73 Å². The number of amides is 1. The molecule has 8 heteroatoms. The maximum atomic E-state index is 13.2. The molecule has 112 valence electrons. The number of benzene rings is 1. The molecule has 0 bridgehead atoms. The fourth-order valence-electron chi connectivity index (χ4n) is 1.46. The SMILES string of the molecule is Cc1cc(F)c(N)cc1C(=O)NS(=O)(=O)N(C)C(C)C. The van der Waals surface area contributed by atoms with Gasteiger partial charge in [0.25, 0.3) is 5.91 Å². The first-order valence-electron chi connectivity index (χ1n) is 5.92. The molecule has 3 N–H and O–H groups in total. The number of hydrogen-bond acceptors (Lipinski definition) is 4. The van der Waals surface area contributed by atoms with Crippen LogP contribution in [0.3, 0.4) is 0 Å². The van der Waals surface area contributed by atoms with Crippen molar-refractivity contribution in [3.63, 3.8) is 0 Å². The maximum absolute atomic E-state index is 13.2. The summed E-state index contributed by atoms with van der Waals surface area (Å²) >= 11 is 0. The van der Waals surface area contributed by atoms with Gasteiger partial charge in [-0.25, -0.2) is 9.11 Å².